The summed E-state index contributed by atoms with van der Waals surface area (Å²) in [6.45, 7) is 8.71. The van der Waals surface area contributed by atoms with E-state index >= 15 is 0 Å². The van der Waals surface area contributed by atoms with Crippen molar-refractivity contribution in [2.24, 2.45) is 11.3 Å². The van der Waals surface area contributed by atoms with Crippen molar-refractivity contribution in [3.05, 3.63) is 30.0 Å². The molecule has 33 heavy (non-hydrogen) atoms. The summed E-state index contributed by atoms with van der Waals surface area (Å²) in [7, 11) is 1.59. The number of benzene rings is 1. The highest BCUT2D eigenvalue weighted by Gasteiger charge is 2.30. The molecule has 0 spiro atoms. The Balaban J connectivity index is 1.70. The van der Waals surface area contributed by atoms with Crippen molar-refractivity contribution in [2.45, 2.75) is 65.5 Å². The number of carbonyl (C=O) groups excluding carboxylic acids is 3. The fraction of sp³-hybridized carbons (Fsp3) is 0.560. The minimum Gasteiger partial charge on any atom is -0.496 e. The van der Waals surface area contributed by atoms with Gasteiger partial charge < -0.3 is 25.7 Å². The van der Waals surface area contributed by atoms with Crippen molar-refractivity contribution in [1.82, 2.24) is 20.9 Å². The number of aromatic nitrogens is 1. The SMILES string of the molecule is COc1cccc2[nH]c(C(=O)NC(CC(C)(C)C)C(=O)NC(C)CC3CCCNC3=O)cc12. The fourth-order valence-corrected chi connectivity index (χ4v) is 4.37. The first-order valence-electron chi connectivity index (χ1n) is 11.6. The molecule has 180 valence electrons. The summed E-state index contributed by atoms with van der Waals surface area (Å²) < 4.78 is 5.38. The van der Waals surface area contributed by atoms with E-state index in [1.807, 2.05) is 45.9 Å². The number of ether oxygens (including phenoxy) is 1. The maximum Gasteiger partial charge on any atom is 0.268 e. The predicted octanol–water partition coefficient (Wildman–Crippen LogP) is 3.13. The number of hydrogen-bond donors (Lipinski definition) is 4. The number of carbonyl (C=O) groups is 3. The van der Waals surface area contributed by atoms with Crippen molar-refractivity contribution in [3.63, 3.8) is 0 Å². The second kappa shape index (κ2) is 10.3. The van der Waals surface area contributed by atoms with Crippen LogP contribution in [-0.2, 0) is 9.59 Å². The van der Waals surface area contributed by atoms with Crippen LogP contribution in [0.4, 0.5) is 0 Å². The van der Waals surface area contributed by atoms with E-state index < -0.39 is 6.04 Å². The zero-order valence-electron chi connectivity index (χ0n) is 20.2. The van der Waals surface area contributed by atoms with Gasteiger partial charge >= 0.3 is 0 Å². The summed E-state index contributed by atoms with van der Waals surface area (Å²) in [5, 5.41) is 9.61. The van der Waals surface area contributed by atoms with Gasteiger partial charge in [-0.1, -0.05) is 26.8 Å². The zero-order chi connectivity index (χ0) is 24.2. The first-order chi connectivity index (χ1) is 15.6. The third-order valence-electron chi connectivity index (χ3n) is 5.95. The quantitative estimate of drug-likeness (QED) is 0.489. The molecule has 1 aromatic carbocycles. The minimum atomic E-state index is -0.701. The molecule has 0 saturated carbocycles. The van der Waals surface area contributed by atoms with E-state index in [-0.39, 0.29) is 35.1 Å². The van der Waals surface area contributed by atoms with Crippen LogP contribution >= 0.6 is 0 Å². The Labute approximate surface area is 195 Å². The maximum absolute atomic E-state index is 13.1. The van der Waals surface area contributed by atoms with Crippen molar-refractivity contribution < 1.29 is 19.1 Å². The van der Waals surface area contributed by atoms with Crippen LogP contribution in [0.2, 0.25) is 0 Å². The summed E-state index contributed by atoms with van der Waals surface area (Å²) in [5.41, 5.74) is 0.981. The summed E-state index contributed by atoms with van der Waals surface area (Å²) in [6, 6.07) is 6.42. The van der Waals surface area contributed by atoms with Crippen molar-refractivity contribution in [1.29, 1.82) is 0 Å². The van der Waals surface area contributed by atoms with Gasteiger partial charge in [0.2, 0.25) is 11.8 Å². The lowest BCUT2D eigenvalue weighted by Gasteiger charge is -2.29. The maximum atomic E-state index is 13.1. The van der Waals surface area contributed by atoms with E-state index in [0.29, 0.717) is 24.3 Å². The molecular weight excluding hydrogens is 420 g/mol. The lowest BCUT2D eigenvalue weighted by molar-refractivity contribution is -0.128. The van der Waals surface area contributed by atoms with Gasteiger partial charge in [0.1, 0.15) is 17.5 Å². The average molecular weight is 457 g/mol. The molecule has 1 aliphatic heterocycles. The molecule has 4 N–H and O–H groups in total. The summed E-state index contributed by atoms with van der Waals surface area (Å²) >= 11 is 0. The molecule has 3 amide bonds. The van der Waals surface area contributed by atoms with Gasteiger partial charge in [0.25, 0.3) is 5.91 Å². The smallest absolute Gasteiger partial charge is 0.268 e. The molecule has 0 radical (unpaired) electrons. The van der Waals surface area contributed by atoms with Crippen LogP contribution < -0.4 is 20.7 Å². The van der Waals surface area contributed by atoms with Gasteiger partial charge in [-0.2, -0.15) is 0 Å². The van der Waals surface area contributed by atoms with Gasteiger partial charge in [-0.15, -0.1) is 0 Å². The van der Waals surface area contributed by atoms with Gasteiger partial charge in [-0.3, -0.25) is 14.4 Å². The summed E-state index contributed by atoms with van der Waals surface area (Å²) in [4.78, 5) is 41.4. The highest BCUT2D eigenvalue weighted by molar-refractivity contribution is 6.01. The number of piperidine rings is 1. The van der Waals surface area contributed by atoms with E-state index in [4.69, 9.17) is 4.74 Å². The van der Waals surface area contributed by atoms with Gasteiger partial charge in [0.15, 0.2) is 0 Å². The third-order valence-corrected chi connectivity index (χ3v) is 5.95. The lowest BCUT2D eigenvalue weighted by Crippen LogP contribution is -2.51. The van der Waals surface area contributed by atoms with Crippen LogP contribution in [0.5, 0.6) is 5.75 Å². The molecule has 8 nitrogen and oxygen atoms in total. The van der Waals surface area contributed by atoms with Crippen LogP contribution in [0.25, 0.3) is 10.9 Å². The van der Waals surface area contributed by atoms with E-state index in [9.17, 15) is 14.4 Å². The molecule has 1 fully saturated rings. The molecule has 1 aromatic heterocycles. The Morgan fingerprint density at radius 3 is 2.67 bits per heavy atom. The third kappa shape index (κ3) is 6.49. The van der Waals surface area contributed by atoms with Gasteiger partial charge in [0.05, 0.1) is 7.11 Å². The molecule has 8 heteroatoms. The Kier molecular flexibility index (Phi) is 7.66. The van der Waals surface area contributed by atoms with E-state index in [1.165, 1.54) is 0 Å². The van der Waals surface area contributed by atoms with E-state index in [1.54, 1.807) is 13.2 Å². The average Bonchev–Trinajstić information content (AvgIpc) is 3.18. The number of amides is 3. The topological polar surface area (TPSA) is 112 Å². The Morgan fingerprint density at radius 2 is 2.00 bits per heavy atom. The normalized spacial score (nSPS) is 18.3. The second-order valence-electron chi connectivity index (χ2n) is 10.2. The van der Waals surface area contributed by atoms with Gasteiger partial charge in [-0.05, 0) is 56.2 Å². The fourth-order valence-electron chi connectivity index (χ4n) is 4.37. The Morgan fingerprint density at radius 1 is 1.24 bits per heavy atom. The molecule has 1 aliphatic rings. The first-order valence-corrected chi connectivity index (χ1v) is 11.6. The number of rotatable bonds is 8. The number of nitrogens with one attached hydrogen (secondary N) is 4. The number of fused-ring (bicyclic) bond motifs is 1. The molecule has 0 bridgehead atoms. The van der Waals surface area contributed by atoms with Gasteiger partial charge in [-0.25, -0.2) is 0 Å². The minimum absolute atomic E-state index is 0.0520. The van der Waals surface area contributed by atoms with E-state index in [0.717, 1.165) is 30.3 Å². The molecule has 3 unspecified atom stereocenters. The molecule has 0 aliphatic carbocycles. The molecule has 3 rings (SSSR count). The van der Waals surface area contributed by atoms with Crippen molar-refractivity contribution >= 4 is 28.6 Å². The standard InChI is InChI=1S/C25H36N4O4/c1-15(12-16-8-7-11-26-22(16)30)27-24(32)20(14-25(2,3)4)29-23(31)19-13-17-18(28-19)9-6-10-21(17)33-5/h6,9-10,13,15-16,20,28H,7-8,11-12,14H2,1-5H3,(H,26,30)(H,27,32)(H,29,31). The van der Waals surface area contributed by atoms with Crippen molar-refractivity contribution in [2.75, 3.05) is 13.7 Å². The number of methoxy groups -OCH3 is 1. The number of H-pyrrole nitrogens is 1. The Hall–Kier alpha value is -3.03. The monoisotopic (exact) mass is 456 g/mol. The van der Waals surface area contributed by atoms with Crippen LogP contribution in [-0.4, -0.2) is 48.4 Å². The van der Waals surface area contributed by atoms with Crippen LogP contribution in [0.15, 0.2) is 24.3 Å². The van der Waals surface area contributed by atoms with E-state index in [2.05, 4.69) is 20.9 Å². The van der Waals surface area contributed by atoms with Crippen LogP contribution in [0.1, 0.15) is 63.9 Å². The molecular formula is C25H36N4O4. The summed E-state index contributed by atoms with van der Waals surface area (Å²) in [6.07, 6.45) is 2.84. The van der Waals surface area contributed by atoms with Crippen molar-refractivity contribution in [3.8, 4) is 5.75 Å². The predicted molar refractivity (Wildman–Crippen MR) is 128 cm³/mol. The molecule has 3 atom stereocenters. The first kappa shape index (κ1) is 24.6. The van der Waals surface area contributed by atoms with Crippen LogP contribution in [0.3, 0.4) is 0 Å². The summed E-state index contributed by atoms with van der Waals surface area (Å²) in [5.74, 6) is 0.0437. The molecule has 2 heterocycles. The zero-order valence-corrected chi connectivity index (χ0v) is 20.2. The second-order valence-corrected chi connectivity index (χ2v) is 10.2. The highest BCUT2D eigenvalue weighted by atomic mass is 16.5. The van der Waals surface area contributed by atoms with Crippen LogP contribution in [0, 0.1) is 11.3 Å². The largest absolute Gasteiger partial charge is 0.496 e. The number of hydrogen-bond acceptors (Lipinski definition) is 4. The lowest BCUT2D eigenvalue weighted by atomic mass is 9.87. The Bertz CT molecular complexity index is 1010. The highest BCUT2D eigenvalue weighted by Crippen LogP contribution is 2.26. The van der Waals surface area contributed by atoms with Gasteiger partial charge in [0, 0.05) is 29.4 Å². The molecule has 2 aromatic rings. The molecule has 1 saturated heterocycles. The number of aromatic amines is 1.